The van der Waals surface area contributed by atoms with Crippen LogP contribution in [-0.4, -0.2) is 49.7 Å². The molecular formula is C18H24Cl2N2O3S. The van der Waals surface area contributed by atoms with Gasteiger partial charge in [-0.05, 0) is 43.9 Å². The van der Waals surface area contributed by atoms with Crippen molar-refractivity contribution in [2.24, 2.45) is 5.92 Å². The molecule has 2 saturated heterocycles. The van der Waals surface area contributed by atoms with Gasteiger partial charge in [-0.15, -0.1) is 0 Å². The highest BCUT2D eigenvalue weighted by Gasteiger charge is 2.36. The van der Waals surface area contributed by atoms with E-state index in [9.17, 15) is 13.2 Å². The predicted octanol–water partition coefficient (Wildman–Crippen LogP) is 3.80. The molecule has 0 aromatic heterocycles. The van der Waals surface area contributed by atoms with E-state index in [1.165, 1.54) is 16.4 Å². The molecule has 1 aromatic carbocycles. The summed E-state index contributed by atoms with van der Waals surface area (Å²) < 4.78 is 27.4. The average molecular weight is 419 g/mol. The third kappa shape index (κ3) is 4.35. The van der Waals surface area contributed by atoms with Gasteiger partial charge in [-0.2, -0.15) is 4.31 Å². The summed E-state index contributed by atoms with van der Waals surface area (Å²) in [6.45, 7) is 2.17. The lowest BCUT2D eigenvalue weighted by atomic mass is 9.98. The van der Waals surface area contributed by atoms with Crippen LogP contribution in [0.25, 0.3) is 0 Å². The van der Waals surface area contributed by atoms with Crippen molar-refractivity contribution >= 4 is 39.1 Å². The molecule has 1 aromatic rings. The quantitative estimate of drug-likeness (QED) is 0.749. The van der Waals surface area contributed by atoms with Crippen LogP contribution in [0.4, 0.5) is 0 Å². The molecule has 3 rings (SSSR count). The van der Waals surface area contributed by atoms with Gasteiger partial charge >= 0.3 is 0 Å². The van der Waals surface area contributed by atoms with Gasteiger partial charge in [0.25, 0.3) is 0 Å². The fourth-order valence-corrected chi connectivity index (χ4v) is 5.99. The molecule has 0 unspecified atom stereocenters. The summed E-state index contributed by atoms with van der Waals surface area (Å²) >= 11 is 12.1. The van der Waals surface area contributed by atoms with Gasteiger partial charge in [0.2, 0.25) is 15.9 Å². The van der Waals surface area contributed by atoms with Crippen LogP contribution in [0.3, 0.4) is 0 Å². The van der Waals surface area contributed by atoms with Crippen molar-refractivity contribution < 1.29 is 13.2 Å². The maximum absolute atomic E-state index is 13.0. The van der Waals surface area contributed by atoms with Gasteiger partial charge in [0, 0.05) is 31.2 Å². The third-order valence-corrected chi connectivity index (χ3v) is 7.74. The van der Waals surface area contributed by atoms with Gasteiger partial charge in [-0.25, -0.2) is 8.42 Å². The summed E-state index contributed by atoms with van der Waals surface area (Å²) in [5.41, 5.74) is 0. The molecule has 2 aliphatic rings. The normalized spacial score (nSPS) is 22.8. The second-order valence-electron chi connectivity index (χ2n) is 7.02. The molecule has 2 fully saturated rings. The summed E-state index contributed by atoms with van der Waals surface area (Å²) in [6, 6.07) is 4.42. The van der Waals surface area contributed by atoms with Crippen molar-refractivity contribution in [1.29, 1.82) is 0 Å². The van der Waals surface area contributed by atoms with E-state index < -0.39 is 10.0 Å². The number of sulfonamides is 1. The van der Waals surface area contributed by atoms with Crippen LogP contribution < -0.4 is 0 Å². The van der Waals surface area contributed by atoms with E-state index in [-0.39, 0.29) is 28.3 Å². The summed E-state index contributed by atoms with van der Waals surface area (Å²) in [5.74, 6) is -0.196. The Morgan fingerprint density at radius 2 is 1.69 bits per heavy atom. The minimum Gasteiger partial charge on any atom is -0.342 e. The third-order valence-electron chi connectivity index (χ3n) is 5.16. The highest BCUT2D eigenvalue weighted by atomic mass is 35.5. The van der Waals surface area contributed by atoms with Crippen LogP contribution in [0, 0.1) is 5.92 Å². The summed E-state index contributed by atoms with van der Waals surface area (Å²) in [7, 11) is -3.77. The van der Waals surface area contributed by atoms with E-state index in [4.69, 9.17) is 23.2 Å². The van der Waals surface area contributed by atoms with E-state index >= 15 is 0 Å². The van der Waals surface area contributed by atoms with E-state index in [2.05, 4.69) is 0 Å². The van der Waals surface area contributed by atoms with E-state index in [1.54, 1.807) is 6.07 Å². The lowest BCUT2D eigenvalue weighted by Gasteiger charge is -2.34. The Bertz CT molecular complexity index is 762. The lowest BCUT2D eigenvalue weighted by Crippen LogP contribution is -2.47. The van der Waals surface area contributed by atoms with Gasteiger partial charge < -0.3 is 4.90 Å². The largest absolute Gasteiger partial charge is 0.342 e. The number of benzene rings is 1. The molecule has 1 amide bonds. The predicted molar refractivity (Wildman–Crippen MR) is 103 cm³/mol. The number of rotatable bonds is 3. The van der Waals surface area contributed by atoms with Crippen LogP contribution >= 0.6 is 23.2 Å². The molecule has 0 spiro atoms. The van der Waals surface area contributed by atoms with Gasteiger partial charge in [-0.1, -0.05) is 36.0 Å². The van der Waals surface area contributed by atoms with E-state index in [0.717, 1.165) is 45.2 Å². The molecule has 2 heterocycles. The molecular weight excluding hydrogens is 395 g/mol. The summed E-state index contributed by atoms with van der Waals surface area (Å²) in [6.07, 6.45) is 5.76. The number of carbonyl (C=O) groups excluding carboxylic acids is 1. The highest BCUT2D eigenvalue weighted by Crippen LogP contribution is 2.31. The molecule has 8 heteroatoms. The van der Waals surface area contributed by atoms with Gasteiger partial charge in [0.1, 0.15) is 4.90 Å². The smallest absolute Gasteiger partial charge is 0.244 e. The van der Waals surface area contributed by atoms with Crippen molar-refractivity contribution in [3.05, 3.63) is 28.2 Å². The minimum atomic E-state index is -3.77. The number of hydrogen-bond donors (Lipinski definition) is 0. The Hall–Kier alpha value is -0.820. The SMILES string of the molecule is O=C([C@@H]1CCCN(S(=O)(=O)c2cc(Cl)ccc2Cl)C1)N1CCCCCC1. The number of piperidine rings is 1. The zero-order valence-corrected chi connectivity index (χ0v) is 17.0. The standard InChI is InChI=1S/C18H24Cl2N2O3S/c19-15-7-8-16(20)17(12-15)26(24,25)22-11-5-6-14(13-22)18(23)21-9-3-1-2-4-10-21/h7-8,12,14H,1-6,9-11,13H2/t14-/m1/s1. The Kier molecular flexibility index (Phi) is 6.49. The highest BCUT2D eigenvalue weighted by molar-refractivity contribution is 7.89. The number of halogens is 2. The van der Waals surface area contributed by atoms with Crippen LogP contribution in [0.2, 0.25) is 10.0 Å². The molecule has 5 nitrogen and oxygen atoms in total. The van der Waals surface area contributed by atoms with Gasteiger partial charge in [0.05, 0.1) is 10.9 Å². The monoisotopic (exact) mass is 418 g/mol. The molecule has 26 heavy (non-hydrogen) atoms. The molecule has 144 valence electrons. The first-order valence-electron chi connectivity index (χ1n) is 9.13. The second kappa shape index (κ2) is 8.46. The Labute approximate surface area is 165 Å². The molecule has 0 bridgehead atoms. The fourth-order valence-electron chi connectivity index (χ4n) is 3.73. The summed E-state index contributed by atoms with van der Waals surface area (Å²) in [5, 5.41) is 0.470. The van der Waals surface area contributed by atoms with Gasteiger partial charge in [-0.3, -0.25) is 4.79 Å². The topological polar surface area (TPSA) is 57.7 Å². The Morgan fingerprint density at radius 3 is 2.38 bits per heavy atom. The van der Waals surface area contributed by atoms with Crippen molar-refractivity contribution in [1.82, 2.24) is 9.21 Å². The average Bonchev–Trinajstić information content (AvgIpc) is 2.92. The van der Waals surface area contributed by atoms with Gasteiger partial charge in [0.15, 0.2) is 0 Å². The van der Waals surface area contributed by atoms with Crippen molar-refractivity contribution in [3.8, 4) is 0 Å². The summed E-state index contributed by atoms with van der Waals surface area (Å²) in [4.78, 5) is 14.8. The molecule has 0 N–H and O–H groups in total. The van der Waals surface area contributed by atoms with Crippen LogP contribution in [0.1, 0.15) is 38.5 Å². The first kappa shape index (κ1) is 19.9. The second-order valence-corrected chi connectivity index (χ2v) is 9.77. The van der Waals surface area contributed by atoms with Crippen molar-refractivity contribution in [3.63, 3.8) is 0 Å². The first-order chi connectivity index (χ1) is 12.4. The molecule has 2 aliphatic heterocycles. The lowest BCUT2D eigenvalue weighted by molar-refractivity contribution is -0.136. The fraction of sp³-hybridized carbons (Fsp3) is 0.611. The molecule has 0 aliphatic carbocycles. The number of hydrogen-bond acceptors (Lipinski definition) is 3. The maximum atomic E-state index is 13.0. The van der Waals surface area contributed by atoms with Crippen LogP contribution in [0.15, 0.2) is 23.1 Å². The van der Waals surface area contributed by atoms with Crippen LogP contribution in [-0.2, 0) is 14.8 Å². The first-order valence-corrected chi connectivity index (χ1v) is 11.3. The van der Waals surface area contributed by atoms with Crippen LogP contribution in [0.5, 0.6) is 0 Å². The molecule has 0 radical (unpaired) electrons. The van der Waals surface area contributed by atoms with E-state index in [1.807, 2.05) is 4.90 Å². The Balaban J connectivity index is 1.77. The maximum Gasteiger partial charge on any atom is 0.244 e. The number of carbonyl (C=O) groups is 1. The number of nitrogens with zero attached hydrogens (tertiary/aromatic N) is 2. The number of amides is 1. The zero-order valence-electron chi connectivity index (χ0n) is 14.7. The Morgan fingerprint density at radius 1 is 1.00 bits per heavy atom. The van der Waals surface area contributed by atoms with Crippen molar-refractivity contribution in [2.75, 3.05) is 26.2 Å². The zero-order chi connectivity index (χ0) is 18.7. The number of likely N-dealkylation sites (tertiary alicyclic amines) is 1. The molecule has 0 saturated carbocycles. The van der Waals surface area contributed by atoms with E-state index in [0.29, 0.717) is 18.0 Å². The molecule has 1 atom stereocenters. The van der Waals surface area contributed by atoms with Crippen molar-refractivity contribution in [2.45, 2.75) is 43.4 Å². The minimum absolute atomic E-state index is 0.00883.